The number of ether oxygens (including phenoxy) is 3. The molecule has 0 amide bonds. The Morgan fingerprint density at radius 3 is 1.24 bits per heavy atom. The smallest absolute Gasteiger partial charge is 0.102 e. The molecular weight excluding hydrogens is 334 g/mol. The van der Waals surface area contributed by atoms with E-state index in [-0.39, 0.29) is 17.0 Å². The summed E-state index contributed by atoms with van der Waals surface area (Å²) in [7, 11) is 2.20. The van der Waals surface area contributed by atoms with Gasteiger partial charge in [-0.2, -0.15) is 0 Å². The second-order valence-electron chi connectivity index (χ2n) is 4.88. The third kappa shape index (κ3) is 14.2. The molecule has 5 heteroatoms. The zero-order chi connectivity index (χ0) is 15.1. The first-order chi connectivity index (χ1) is 9.68. The van der Waals surface area contributed by atoms with Crippen LogP contribution in [-0.4, -0.2) is 70.8 Å². The van der Waals surface area contributed by atoms with Gasteiger partial charge in [0, 0.05) is 0 Å². The van der Waals surface area contributed by atoms with Crippen molar-refractivity contribution in [2.75, 3.05) is 66.3 Å². The molecule has 0 aromatic heterocycles. The fourth-order valence-electron chi connectivity index (χ4n) is 1.69. The lowest BCUT2D eigenvalue weighted by molar-refractivity contribution is -0.910. The summed E-state index contributed by atoms with van der Waals surface area (Å²) < 4.78 is 17.3. The van der Waals surface area contributed by atoms with Crippen LogP contribution in [-0.2, 0) is 14.2 Å². The fraction of sp³-hybridized carbons (Fsp3) is 0.625. The molecule has 21 heavy (non-hydrogen) atoms. The molecular formula is C16H30BrNO3. The monoisotopic (exact) mass is 363 g/mol. The standard InChI is InChI=1S/C16H30NO3.BrH/c1-5-11-18-14-8-17(4,9-15-19-12-6-2)10-16-20-13-7-3;/h5-7H,1-3,8-16H2,4H3;1H/q+1;/p-1. The maximum Gasteiger partial charge on any atom is 0.102 e. The molecule has 0 saturated heterocycles. The quantitative estimate of drug-likeness (QED) is 0.213. The third-order valence-electron chi connectivity index (χ3n) is 3.03. The summed E-state index contributed by atoms with van der Waals surface area (Å²) in [6.07, 6.45) is 5.31. The van der Waals surface area contributed by atoms with E-state index in [0.717, 1.165) is 24.1 Å². The third-order valence-corrected chi connectivity index (χ3v) is 3.03. The molecule has 0 unspecified atom stereocenters. The number of halogens is 1. The second kappa shape index (κ2) is 15.9. The molecule has 0 aromatic carbocycles. The van der Waals surface area contributed by atoms with E-state index in [1.165, 1.54) is 0 Å². The van der Waals surface area contributed by atoms with Crippen molar-refractivity contribution in [1.29, 1.82) is 0 Å². The highest BCUT2D eigenvalue weighted by Gasteiger charge is 2.20. The number of rotatable bonds is 15. The highest BCUT2D eigenvalue weighted by atomic mass is 79.9. The molecule has 0 rings (SSSR count). The van der Waals surface area contributed by atoms with Crippen LogP contribution in [0.2, 0.25) is 0 Å². The van der Waals surface area contributed by atoms with Crippen molar-refractivity contribution in [3.63, 3.8) is 0 Å². The lowest BCUT2D eigenvalue weighted by Crippen LogP contribution is -3.00. The van der Waals surface area contributed by atoms with E-state index < -0.39 is 0 Å². The Kier molecular flexibility index (Phi) is 17.3. The fourth-order valence-corrected chi connectivity index (χ4v) is 1.69. The lowest BCUT2D eigenvalue weighted by Gasteiger charge is -2.34. The molecule has 0 spiro atoms. The largest absolute Gasteiger partial charge is 1.00 e. The molecule has 0 radical (unpaired) electrons. The van der Waals surface area contributed by atoms with E-state index in [0.29, 0.717) is 39.6 Å². The second-order valence-corrected chi connectivity index (χ2v) is 4.88. The zero-order valence-corrected chi connectivity index (χ0v) is 14.9. The zero-order valence-electron chi connectivity index (χ0n) is 13.3. The van der Waals surface area contributed by atoms with Crippen LogP contribution in [0.5, 0.6) is 0 Å². The first kappa shape index (κ1) is 22.8. The van der Waals surface area contributed by atoms with Crippen LogP contribution in [0.4, 0.5) is 0 Å². The average Bonchev–Trinajstić information content (AvgIpc) is 2.45. The normalized spacial score (nSPS) is 10.7. The number of hydrogen-bond donors (Lipinski definition) is 0. The molecule has 0 N–H and O–H groups in total. The van der Waals surface area contributed by atoms with Gasteiger partial charge in [0.15, 0.2) is 0 Å². The maximum atomic E-state index is 5.49. The van der Waals surface area contributed by atoms with E-state index in [1.807, 2.05) is 0 Å². The van der Waals surface area contributed by atoms with Gasteiger partial charge in [0.05, 0.1) is 46.7 Å². The van der Waals surface area contributed by atoms with E-state index in [2.05, 4.69) is 26.8 Å². The minimum absolute atomic E-state index is 0. The molecule has 0 aliphatic carbocycles. The molecule has 0 aliphatic rings. The number of likely N-dealkylation sites (N-methyl/N-ethyl adjacent to an activating group) is 1. The minimum atomic E-state index is 0. The van der Waals surface area contributed by atoms with Crippen LogP contribution >= 0.6 is 0 Å². The van der Waals surface area contributed by atoms with Gasteiger partial charge in [-0.15, -0.1) is 19.7 Å². The summed E-state index contributed by atoms with van der Waals surface area (Å²) in [5, 5.41) is 0. The van der Waals surface area contributed by atoms with Crippen molar-refractivity contribution < 1.29 is 35.7 Å². The first-order valence-corrected chi connectivity index (χ1v) is 7.08. The minimum Gasteiger partial charge on any atom is -1.00 e. The lowest BCUT2D eigenvalue weighted by atomic mass is 10.3. The van der Waals surface area contributed by atoms with Crippen LogP contribution in [0, 0.1) is 0 Å². The van der Waals surface area contributed by atoms with Crippen molar-refractivity contribution in [1.82, 2.24) is 0 Å². The van der Waals surface area contributed by atoms with E-state index in [4.69, 9.17) is 14.2 Å². The van der Waals surface area contributed by atoms with Crippen molar-refractivity contribution in [3.05, 3.63) is 38.0 Å². The van der Waals surface area contributed by atoms with Gasteiger partial charge in [0.1, 0.15) is 19.6 Å². The predicted octanol–water partition coefficient (Wildman–Crippen LogP) is -0.955. The van der Waals surface area contributed by atoms with Crippen molar-refractivity contribution in [3.8, 4) is 0 Å². The predicted molar refractivity (Wildman–Crippen MR) is 83.8 cm³/mol. The van der Waals surface area contributed by atoms with Crippen LogP contribution in [0.15, 0.2) is 38.0 Å². The van der Waals surface area contributed by atoms with Gasteiger partial charge < -0.3 is 35.7 Å². The van der Waals surface area contributed by atoms with Gasteiger partial charge in [0.25, 0.3) is 0 Å². The number of hydrogen-bond acceptors (Lipinski definition) is 3. The maximum absolute atomic E-state index is 5.49. The molecule has 0 aromatic rings. The van der Waals surface area contributed by atoms with Crippen molar-refractivity contribution in [2.24, 2.45) is 0 Å². The Bertz CT molecular complexity index is 231. The molecule has 124 valence electrons. The van der Waals surface area contributed by atoms with Gasteiger partial charge >= 0.3 is 0 Å². The average molecular weight is 364 g/mol. The van der Waals surface area contributed by atoms with Crippen molar-refractivity contribution >= 4 is 0 Å². The molecule has 0 bridgehead atoms. The Hall–Kier alpha value is -0.460. The Morgan fingerprint density at radius 1 is 0.714 bits per heavy atom. The van der Waals surface area contributed by atoms with Crippen molar-refractivity contribution in [2.45, 2.75) is 0 Å². The first-order valence-electron chi connectivity index (χ1n) is 7.08. The Balaban J connectivity index is 0. The highest BCUT2D eigenvalue weighted by Crippen LogP contribution is 2.03. The Morgan fingerprint density at radius 2 is 1.00 bits per heavy atom. The summed E-state index contributed by atoms with van der Waals surface area (Å²) in [5.74, 6) is 0. The van der Waals surface area contributed by atoms with Crippen LogP contribution in [0.1, 0.15) is 0 Å². The molecule has 0 aliphatic heterocycles. The van der Waals surface area contributed by atoms with Gasteiger partial charge in [-0.25, -0.2) is 0 Å². The van der Waals surface area contributed by atoms with E-state index in [9.17, 15) is 0 Å². The number of nitrogens with zero attached hydrogens (tertiary/aromatic N) is 1. The molecule has 0 saturated carbocycles. The Labute approximate surface area is 140 Å². The summed E-state index contributed by atoms with van der Waals surface area (Å²) in [6.45, 7) is 17.7. The molecule has 0 fully saturated rings. The molecule has 0 heterocycles. The van der Waals surface area contributed by atoms with E-state index >= 15 is 0 Å². The van der Waals surface area contributed by atoms with Gasteiger partial charge in [0.2, 0.25) is 0 Å². The van der Waals surface area contributed by atoms with E-state index in [1.54, 1.807) is 18.2 Å². The topological polar surface area (TPSA) is 27.7 Å². The van der Waals surface area contributed by atoms with Crippen LogP contribution < -0.4 is 17.0 Å². The van der Waals surface area contributed by atoms with Gasteiger partial charge in [-0.05, 0) is 0 Å². The molecule has 4 nitrogen and oxygen atoms in total. The number of quaternary nitrogens is 1. The van der Waals surface area contributed by atoms with Crippen LogP contribution in [0.25, 0.3) is 0 Å². The summed E-state index contributed by atoms with van der Waals surface area (Å²) >= 11 is 0. The molecule has 0 atom stereocenters. The SMILES string of the molecule is C=CCOCC[N+](C)(CCOCC=C)CCOCC=C.[Br-]. The van der Waals surface area contributed by atoms with Gasteiger partial charge in [-0.3, -0.25) is 0 Å². The summed E-state index contributed by atoms with van der Waals surface area (Å²) in [6, 6.07) is 0. The van der Waals surface area contributed by atoms with Crippen LogP contribution in [0.3, 0.4) is 0 Å². The summed E-state index contributed by atoms with van der Waals surface area (Å²) in [5.41, 5.74) is 0. The summed E-state index contributed by atoms with van der Waals surface area (Å²) in [4.78, 5) is 0. The van der Waals surface area contributed by atoms with Gasteiger partial charge in [-0.1, -0.05) is 18.2 Å². The highest BCUT2D eigenvalue weighted by molar-refractivity contribution is 4.65.